The number of hydrogen-bond acceptors (Lipinski definition) is 3. The Bertz CT molecular complexity index is 996. The number of carbonyl (C=O) groups is 1. The van der Waals surface area contributed by atoms with Gasteiger partial charge in [-0.25, -0.2) is 5.43 Å². The number of hydrogen-bond donors (Lipinski definition) is 1. The van der Waals surface area contributed by atoms with Crippen molar-refractivity contribution in [2.45, 2.75) is 20.0 Å². The van der Waals surface area contributed by atoms with Gasteiger partial charge in [-0.3, -0.25) is 4.79 Å². The zero-order chi connectivity index (χ0) is 20.1. The second kappa shape index (κ2) is 8.99. The van der Waals surface area contributed by atoms with E-state index in [9.17, 15) is 4.79 Å². The number of amides is 1. The van der Waals surface area contributed by atoms with E-state index in [1.165, 1.54) is 7.11 Å². The van der Waals surface area contributed by atoms with E-state index in [-0.39, 0.29) is 5.91 Å². The molecule has 5 nitrogen and oxygen atoms in total. The molecule has 0 fully saturated rings. The Morgan fingerprint density at radius 2 is 1.82 bits per heavy atom. The zero-order valence-electron chi connectivity index (χ0n) is 16.0. The summed E-state index contributed by atoms with van der Waals surface area (Å²) in [5.74, 6) is -0.315. The van der Waals surface area contributed by atoms with Crippen LogP contribution in [0.25, 0.3) is 5.69 Å². The van der Waals surface area contributed by atoms with Gasteiger partial charge in [0, 0.05) is 28.5 Å². The Balaban J connectivity index is 1.77. The zero-order valence-corrected chi connectivity index (χ0v) is 17.6. The molecule has 0 spiro atoms. The Hall–Kier alpha value is -2.70. The molecular formula is C22H22BrN3O2. The highest BCUT2D eigenvalue weighted by atomic mass is 79.9. The van der Waals surface area contributed by atoms with Crippen LogP contribution in [0.3, 0.4) is 0 Å². The molecule has 1 heterocycles. The van der Waals surface area contributed by atoms with Gasteiger partial charge in [-0.2, -0.15) is 5.10 Å². The van der Waals surface area contributed by atoms with E-state index in [0.717, 1.165) is 32.7 Å². The number of nitrogens with zero attached hydrogens (tertiary/aromatic N) is 2. The lowest BCUT2D eigenvalue weighted by Gasteiger charge is -2.13. The van der Waals surface area contributed by atoms with Crippen LogP contribution in [0.2, 0.25) is 0 Å². The maximum atomic E-state index is 12.4. The van der Waals surface area contributed by atoms with E-state index in [2.05, 4.69) is 37.1 Å². The van der Waals surface area contributed by atoms with Crippen molar-refractivity contribution in [1.82, 2.24) is 9.99 Å². The van der Waals surface area contributed by atoms with Gasteiger partial charge in [0.1, 0.15) is 0 Å². The number of benzene rings is 2. The first-order valence-electron chi connectivity index (χ1n) is 8.87. The predicted octanol–water partition coefficient (Wildman–Crippen LogP) is 4.69. The molecule has 6 heteroatoms. The van der Waals surface area contributed by atoms with Gasteiger partial charge in [0.15, 0.2) is 6.10 Å². The summed E-state index contributed by atoms with van der Waals surface area (Å²) in [4.78, 5) is 12.4. The average molecular weight is 440 g/mol. The maximum absolute atomic E-state index is 12.4. The standard InChI is InChI=1S/C22H22BrN3O2/c1-15-13-18(16(2)26(15)20-12-8-7-11-19(20)23)14-24-25-22(27)21(28-3)17-9-5-4-6-10-17/h4-14,21H,1-3H3,(H,25,27)/b24-14-/t21-/m1/s1. The van der Waals surface area contributed by atoms with Crippen LogP contribution in [0.5, 0.6) is 0 Å². The fourth-order valence-electron chi connectivity index (χ4n) is 3.17. The second-order valence-corrected chi connectivity index (χ2v) is 7.23. The third kappa shape index (κ3) is 4.24. The van der Waals surface area contributed by atoms with Gasteiger partial charge in [0.25, 0.3) is 5.91 Å². The number of hydrazone groups is 1. The summed E-state index contributed by atoms with van der Waals surface area (Å²) < 4.78 is 8.48. The molecular weight excluding hydrogens is 418 g/mol. The van der Waals surface area contributed by atoms with E-state index in [1.54, 1.807) is 6.21 Å². The SMILES string of the molecule is CO[C@@H](C(=O)N/N=C\c1cc(C)n(-c2ccccc2Br)c1C)c1ccccc1. The number of aryl methyl sites for hydroxylation is 1. The highest BCUT2D eigenvalue weighted by Crippen LogP contribution is 2.26. The lowest BCUT2D eigenvalue weighted by molar-refractivity contribution is -0.131. The van der Waals surface area contributed by atoms with E-state index in [0.29, 0.717) is 0 Å². The molecule has 0 bridgehead atoms. The molecule has 144 valence electrons. The fraction of sp³-hybridized carbons (Fsp3) is 0.182. The minimum Gasteiger partial charge on any atom is -0.367 e. The number of para-hydroxylation sites is 1. The first kappa shape index (κ1) is 20.0. The van der Waals surface area contributed by atoms with Gasteiger partial charge in [-0.1, -0.05) is 42.5 Å². The van der Waals surface area contributed by atoms with Crippen molar-refractivity contribution in [3.05, 3.63) is 87.7 Å². The molecule has 2 aromatic carbocycles. The van der Waals surface area contributed by atoms with E-state index >= 15 is 0 Å². The van der Waals surface area contributed by atoms with Crippen molar-refractivity contribution >= 4 is 28.1 Å². The minimum absolute atomic E-state index is 0.315. The molecule has 1 amide bonds. The lowest BCUT2D eigenvalue weighted by Crippen LogP contribution is -2.26. The molecule has 1 N–H and O–H groups in total. The lowest BCUT2D eigenvalue weighted by atomic mass is 10.1. The molecule has 3 rings (SSSR count). The Kier molecular flexibility index (Phi) is 6.44. The molecule has 0 radical (unpaired) electrons. The largest absolute Gasteiger partial charge is 0.367 e. The summed E-state index contributed by atoms with van der Waals surface area (Å²) >= 11 is 3.60. The third-order valence-electron chi connectivity index (χ3n) is 4.52. The highest BCUT2D eigenvalue weighted by Gasteiger charge is 2.19. The van der Waals surface area contributed by atoms with Gasteiger partial charge in [-0.05, 0) is 53.5 Å². The third-order valence-corrected chi connectivity index (χ3v) is 5.19. The first-order valence-corrected chi connectivity index (χ1v) is 9.66. The number of ether oxygens (including phenoxy) is 1. The molecule has 1 atom stereocenters. The molecule has 3 aromatic rings. The number of rotatable bonds is 6. The van der Waals surface area contributed by atoms with Gasteiger partial charge < -0.3 is 9.30 Å². The molecule has 1 aromatic heterocycles. The Morgan fingerprint density at radius 3 is 2.50 bits per heavy atom. The molecule has 0 aliphatic heterocycles. The second-order valence-electron chi connectivity index (χ2n) is 6.37. The topological polar surface area (TPSA) is 55.6 Å². The number of halogens is 1. The van der Waals surface area contributed by atoms with Crippen molar-refractivity contribution in [3.63, 3.8) is 0 Å². The fourth-order valence-corrected chi connectivity index (χ4v) is 3.63. The van der Waals surface area contributed by atoms with Crippen molar-refractivity contribution < 1.29 is 9.53 Å². The maximum Gasteiger partial charge on any atom is 0.273 e. The summed E-state index contributed by atoms with van der Waals surface area (Å²) in [7, 11) is 1.51. The number of nitrogens with one attached hydrogen (secondary N) is 1. The smallest absolute Gasteiger partial charge is 0.273 e. The van der Waals surface area contributed by atoms with Crippen molar-refractivity contribution in [3.8, 4) is 5.69 Å². The predicted molar refractivity (Wildman–Crippen MR) is 115 cm³/mol. The minimum atomic E-state index is -0.703. The van der Waals surface area contributed by atoms with Crippen molar-refractivity contribution in [2.75, 3.05) is 7.11 Å². The number of aromatic nitrogens is 1. The molecule has 0 aliphatic carbocycles. The van der Waals surface area contributed by atoms with Gasteiger partial charge in [0.05, 0.1) is 11.9 Å². The Labute approximate surface area is 173 Å². The summed E-state index contributed by atoms with van der Waals surface area (Å²) in [5.41, 5.74) is 7.47. The van der Waals surface area contributed by atoms with E-state index < -0.39 is 6.10 Å². The van der Waals surface area contributed by atoms with Crippen LogP contribution in [0.4, 0.5) is 0 Å². The van der Waals surface area contributed by atoms with Gasteiger partial charge >= 0.3 is 0 Å². The monoisotopic (exact) mass is 439 g/mol. The van der Waals surface area contributed by atoms with Crippen molar-refractivity contribution in [1.29, 1.82) is 0 Å². The number of methoxy groups -OCH3 is 1. The molecule has 0 unspecified atom stereocenters. The summed E-state index contributed by atoms with van der Waals surface area (Å²) in [6.45, 7) is 4.07. The molecule has 0 saturated heterocycles. The summed E-state index contributed by atoms with van der Waals surface area (Å²) in [6, 6.07) is 19.4. The Morgan fingerprint density at radius 1 is 1.14 bits per heavy atom. The van der Waals surface area contributed by atoms with Crippen LogP contribution >= 0.6 is 15.9 Å². The van der Waals surface area contributed by atoms with Gasteiger partial charge in [0.2, 0.25) is 0 Å². The normalized spacial score (nSPS) is 12.3. The summed E-state index contributed by atoms with van der Waals surface area (Å²) in [5, 5.41) is 4.14. The summed E-state index contributed by atoms with van der Waals surface area (Å²) in [6.07, 6.45) is 0.955. The van der Waals surface area contributed by atoms with Crippen LogP contribution < -0.4 is 5.43 Å². The highest BCUT2D eigenvalue weighted by molar-refractivity contribution is 9.10. The number of carbonyl (C=O) groups excluding carboxylic acids is 1. The quantitative estimate of drug-likeness (QED) is 0.447. The van der Waals surface area contributed by atoms with Crippen LogP contribution in [0.1, 0.15) is 28.6 Å². The first-order chi connectivity index (χ1) is 13.5. The molecule has 0 saturated carbocycles. The average Bonchev–Trinajstić information content (AvgIpc) is 2.97. The van der Waals surface area contributed by atoms with Crippen LogP contribution in [0.15, 0.2) is 70.2 Å². The van der Waals surface area contributed by atoms with Crippen molar-refractivity contribution in [2.24, 2.45) is 5.10 Å². The van der Waals surface area contributed by atoms with E-state index in [4.69, 9.17) is 4.74 Å². The van der Waals surface area contributed by atoms with Crippen LogP contribution in [0, 0.1) is 13.8 Å². The van der Waals surface area contributed by atoms with Crippen LogP contribution in [-0.2, 0) is 9.53 Å². The van der Waals surface area contributed by atoms with E-state index in [1.807, 2.05) is 68.4 Å². The van der Waals surface area contributed by atoms with Crippen LogP contribution in [-0.4, -0.2) is 23.8 Å². The van der Waals surface area contributed by atoms with Gasteiger partial charge in [-0.15, -0.1) is 0 Å². The molecule has 28 heavy (non-hydrogen) atoms. The molecule has 0 aliphatic rings.